The van der Waals surface area contributed by atoms with Gasteiger partial charge in [0.25, 0.3) is 0 Å². The van der Waals surface area contributed by atoms with E-state index in [9.17, 15) is 14.4 Å². The van der Waals surface area contributed by atoms with Gasteiger partial charge < -0.3 is 19.1 Å². The first kappa shape index (κ1) is 55.4. The molecule has 1 aliphatic heterocycles. The summed E-state index contributed by atoms with van der Waals surface area (Å²) in [4.78, 5) is 40.6. The largest absolute Gasteiger partial charge is 0.466 e. The van der Waals surface area contributed by atoms with E-state index in [1.807, 2.05) is 0 Å². The monoisotopic (exact) mass is 834 g/mol. The molecule has 7 heteroatoms. The topological polar surface area (TPSA) is 82.1 Å². The molecule has 0 aliphatic carbocycles. The molecule has 0 atom stereocenters. The summed E-state index contributed by atoms with van der Waals surface area (Å²) in [7, 11) is 0. The Labute approximate surface area is 366 Å². The third kappa shape index (κ3) is 34.6. The summed E-state index contributed by atoms with van der Waals surface area (Å²) in [6, 6.07) is 0. The predicted octanol–water partition coefficient (Wildman–Crippen LogP) is 14.9. The standard InChI is InChI=1S/C52H99NO6/c1-5-9-20-31-47(32-21-10-6-2)39-45-57-50(54)37-26-17-13-15-24-35-49(52(56)59-44-30-43-53-41-28-19-29-42-53)36-25-16-14-18-27-38-51(55)58-46-40-48(33-22-11-7-3)34-23-12-8-4/h47-49H,5-46H2,1-4H3. The number of hydrogen-bond donors (Lipinski definition) is 0. The number of rotatable bonds is 43. The van der Waals surface area contributed by atoms with E-state index in [4.69, 9.17) is 14.2 Å². The average Bonchev–Trinajstić information content (AvgIpc) is 3.24. The third-order valence-corrected chi connectivity index (χ3v) is 13.0. The summed E-state index contributed by atoms with van der Waals surface area (Å²) in [5.41, 5.74) is 0. The Balaban J connectivity index is 2.33. The van der Waals surface area contributed by atoms with Crippen molar-refractivity contribution < 1.29 is 28.6 Å². The van der Waals surface area contributed by atoms with E-state index >= 15 is 0 Å². The maximum Gasteiger partial charge on any atom is 0.308 e. The Morgan fingerprint density at radius 3 is 1.22 bits per heavy atom. The minimum atomic E-state index is -0.0384. The second-order valence-electron chi connectivity index (χ2n) is 18.5. The Morgan fingerprint density at radius 1 is 0.407 bits per heavy atom. The van der Waals surface area contributed by atoms with Gasteiger partial charge in [-0.15, -0.1) is 0 Å². The number of carbonyl (C=O) groups excluding carboxylic acids is 3. The van der Waals surface area contributed by atoms with Crippen LogP contribution in [0.15, 0.2) is 0 Å². The summed E-state index contributed by atoms with van der Waals surface area (Å²) in [6.07, 6.45) is 40.3. The number of carbonyl (C=O) groups is 3. The highest BCUT2D eigenvalue weighted by Crippen LogP contribution is 2.24. The maximum atomic E-state index is 13.3. The van der Waals surface area contributed by atoms with Crippen LogP contribution in [-0.4, -0.2) is 62.3 Å². The van der Waals surface area contributed by atoms with E-state index in [1.165, 1.54) is 135 Å². The van der Waals surface area contributed by atoms with Crippen LogP contribution in [0.25, 0.3) is 0 Å². The van der Waals surface area contributed by atoms with Crippen molar-refractivity contribution in [3.05, 3.63) is 0 Å². The zero-order chi connectivity index (χ0) is 42.9. The molecule has 0 amide bonds. The second kappa shape index (κ2) is 41.7. The van der Waals surface area contributed by atoms with Crippen LogP contribution in [0.2, 0.25) is 0 Å². The van der Waals surface area contributed by atoms with Gasteiger partial charge in [0.2, 0.25) is 0 Å². The first-order valence-electron chi connectivity index (χ1n) is 26.1. The molecule has 7 nitrogen and oxygen atoms in total. The van der Waals surface area contributed by atoms with Crippen LogP contribution in [0.1, 0.15) is 259 Å². The number of unbranched alkanes of at least 4 members (excludes halogenated alkanes) is 16. The summed E-state index contributed by atoms with van der Waals surface area (Å²) in [5, 5.41) is 0. The molecule has 0 spiro atoms. The van der Waals surface area contributed by atoms with Gasteiger partial charge in [0.1, 0.15) is 0 Å². The van der Waals surface area contributed by atoms with Crippen LogP contribution in [0.4, 0.5) is 0 Å². The molecule has 59 heavy (non-hydrogen) atoms. The number of esters is 3. The van der Waals surface area contributed by atoms with Crippen molar-refractivity contribution >= 4 is 17.9 Å². The predicted molar refractivity (Wildman–Crippen MR) is 249 cm³/mol. The molecule has 0 unspecified atom stereocenters. The summed E-state index contributed by atoms with van der Waals surface area (Å²) >= 11 is 0. The summed E-state index contributed by atoms with van der Waals surface area (Å²) < 4.78 is 17.2. The lowest BCUT2D eigenvalue weighted by Gasteiger charge is -2.26. The molecule has 0 N–H and O–H groups in total. The van der Waals surface area contributed by atoms with Crippen molar-refractivity contribution in [2.24, 2.45) is 17.8 Å². The quantitative estimate of drug-likeness (QED) is 0.0344. The van der Waals surface area contributed by atoms with Crippen LogP contribution in [0.3, 0.4) is 0 Å². The molecule has 0 bridgehead atoms. The van der Waals surface area contributed by atoms with E-state index in [1.54, 1.807) is 0 Å². The van der Waals surface area contributed by atoms with Gasteiger partial charge in [-0.25, -0.2) is 0 Å². The Morgan fingerprint density at radius 2 is 0.797 bits per heavy atom. The highest BCUT2D eigenvalue weighted by atomic mass is 16.5. The number of piperidine rings is 1. The van der Waals surface area contributed by atoms with Crippen LogP contribution in [0, 0.1) is 17.8 Å². The fraction of sp³-hybridized carbons (Fsp3) is 0.942. The third-order valence-electron chi connectivity index (χ3n) is 13.0. The number of nitrogens with zero attached hydrogens (tertiary/aromatic N) is 1. The van der Waals surface area contributed by atoms with Crippen molar-refractivity contribution in [1.82, 2.24) is 4.90 Å². The highest BCUT2D eigenvalue weighted by Gasteiger charge is 2.20. The van der Waals surface area contributed by atoms with Gasteiger partial charge >= 0.3 is 17.9 Å². The first-order chi connectivity index (χ1) is 28.9. The fourth-order valence-electron chi connectivity index (χ4n) is 8.94. The molecule has 1 heterocycles. The van der Waals surface area contributed by atoms with Gasteiger partial charge in [0.15, 0.2) is 0 Å². The van der Waals surface area contributed by atoms with Crippen LogP contribution in [0.5, 0.6) is 0 Å². The number of likely N-dealkylation sites (tertiary alicyclic amines) is 1. The van der Waals surface area contributed by atoms with Gasteiger partial charge in [-0.1, -0.05) is 188 Å². The zero-order valence-electron chi connectivity index (χ0n) is 39.8. The van der Waals surface area contributed by atoms with Crippen LogP contribution in [-0.2, 0) is 28.6 Å². The van der Waals surface area contributed by atoms with Gasteiger partial charge in [-0.3, -0.25) is 14.4 Å². The lowest BCUT2D eigenvalue weighted by Crippen LogP contribution is -2.31. The number of hydrogen-bond acceptors (Lipinski definition) is 7. The lowest BCUT2D eigenvalue weighted by atomic mass is 9.92. The molecule has 0 aromatic rings. The van der Waals surface area contributed by atoms with Crippen molar-refractivity contribution in [2.75, 3.05) is 39.5 Å². The molecule has 0 radical (unpaired) electrons. The number of ether oxygens (including phenoxy) is 3. The van der Waals surface area contributed by atoms with Crippen molar-refractivity contribution in [3.63, 3.8) is 0 Å². The summed E-state index contributed by atoms with van der Waals surface area (Å²) in [6.45, 7) is 14.1. The van der Waals surface area contributed by atoms with Gasteiger partial charge in [-0.2, -0.15) is 0 Å². The second-order valence-corrected chi connectivity index (χ2v) is 18.5. The lowest BCUT2D eigenvalue weighted by molar-refractivity contribution is -0.149. The molecule has 1 saturated heterocycles. The highest BCUT2D eigenvalue weighted by molar-refractivity contribution is 5.72. The first-order valence-corrected chi connectivity index (χ1v) is 26.1. The van der Waals surface area contributed by atoms with E-state index in [-0.39, 0.29) is 23.8 Å². The molecule has 1 rings (SSSR count). The van der Waals surface area contributed by atoms with Crippen molar-refractivity contribution in [3.8, 4) is 0 Å². The molecule has 1 aliphatic rings. The summed E-state index contributed by atoms with van der Waals surface area (Å²) in [5.74, 6) is 1.27. The van der Waals surface area contributed by atoms with E-state index in [2.05, 4.69) is 32.6 Å². The minimum Gasteiger partial charge on any atom is -0.466 e. The Bertz CT molecular complexity index is 875. The average molecular weight is 834 g/mol. The van der Waals surface area contributed by atoms with Gasteiger partial charge in [0.05, 0.1) is 25.7 Å². The maximum absolute atomic E-state index is 13.3. The molecule has 1 fully saturated rings. The smallest absolute Gasteiger partial charge is 0.308 e. The van der Waals surface area contributed by atoms with E-state index in [0.717, 1.165) is 103 Å². The van der Waals surface area contributed by atoms with Gasteiger partial charge in [-0.05, 0) is 82.7 Å². The molecular formula is C52H99NO6. The molecule has 0 saturated carbocycles. The molecule has 348 valence electrons. The normalized spacial score (nSPS) is 13.5. The van der Waals surface area contributed by atoms with Crippen molar-refractivity contribution in [1.29, 1.82) is 0 Å². The molecular weight excluding hydrogens is 735 g/mol. The van der Waals surface area contributed by atoms with Crippen molar-refractivity contribution in [2.45, 2.75) is 259 Å². The Kier molecular flexibility index (Phi) is 39.2. The van der Waals surface area contributed by atoms with E-state index < -0.39 is 0 Å². The van der Waals surface area contributed by atoms with Crippen LogP contribution < -0.4 is 0 Å². The zero-order valence-corrected chi connectivity index (χ0v) is 39.8. The molecule has 0 aromatic heterocycles. The SMILES string of the molecule is CCCCCC(CCCCC)CCOC(=O)CCCCCCCC(CCCCCCCC(=O)OCCC(CCCCC)CCCCC)C(=O)OCCCN1CCCCC1. The van der Waals surface area contributed by atoms with E-state index in [0.29, 0.717) is 44.5 Å². The van der Waals surface area contributed by atoms with Crippen LogP contribution >= 0.6 is 0 Å². The minimum absolute atomic E-state index is 0.00920. The van der Waals surface area contributed by atoms with Gasteiger partial charge in [0, 0.05) is 19.4 Å². The fourth-order valence-corrected chi connectivity index (χ4v) is 8.94. The molecule has 0 aromatic carbocycles. The Hall–Kier alpha value is -1.63.